The molecule has 4 nitrogen and oxygen atoms in total. The van der Waals surface area contributed by atoms with Crippen LogP contribution in [0, 0.1) is 6.92 Å². The number of ether oxygens (including phenoxy) is 1. The van der Waals surface area contributed by atoms with E-state index in [9.17, 15) is 4.79 Å². The first kappa shape index (κ1) is 16.1. The largest absolute Gasteiger partial charge is 0.496 e. The van der Waals surface area contributed by atoms with Gasteiger partial charge in [-0.15, -0.1) is 0 Å². The first-order valence-corrected chi connectivity index (χ1v) is 8.14. The van der Waals surface area contributed by atoms with Gasteiger partial charge in [0.05, 0.1) is 7.11 Å². The Hall–Kier alpha value is -2.75. The molecule has 2 N–H and O–H groups in total. The number of hydrogen-bond acceptors (Lipinski definition) is 2. The number of aromatic nitrogens is 1. The molecule has 3 aromatic rings. The Balaban J connectivity index is 1.60. The molecule has 0 radical (unpaired) electrons. The van der Waals surface area contributed by atoms with E-state index in [4.69, 9.17) is 4.74 Å². The summed E-state index contributed by atoms with van der Waals surface area (Å²) < 4.78 is 5.32. The molecular formula is C20H22N2O2. The predicted octanol–water partition coefficient (Wildman–Crippen LogP) is 3.73. The number of hydrogen-bond donors (Lipinski definition) is 2. The van der Waals surface area contributed by atoms with Crippen LogP contribution in [-0.2, 0) is 17.8 Å². The minimum Gasteiger partial charge on any atom is -0.496 e. The highest BCUT2D eigenvalue weighted by Gasteiger charge is 2.10. The van der Waals surface area contributed by atoms with Gasteiger partial charge in [0, 0.05) is 29.6 Å². The average Bonchev–Trinajstić information content (AvgIpc) is 2.93. The van der Waals surface area contributed by atoms with E-state index in [1.165, 1.54) is 5.39 Å². The molecule has 0 spiro atoms. The van der Waals surface area contributed by atoms with E-state index < -0.39 is 0 Å². The van der Waals surface area contributed by atoms with E-state index in [0.717, 1.165) is 28.1 Å². The lowest BCUT2D eigenvalue weighted by Crippen LogP contribution is -2.23. The maximum absolute atomic E-state index is 12.2. The fraction of sp³-hybridized carbons (Fsp3) is 0.250. The summed E-state index contributed by atoms with van der Waals surface area (Å²) in [5.41, 5.74) is 4.41. The molecule has 0 aliphatic rings. The lowest BCUT2D eigenvalue weighted by Gasteiger charge is -2.09. The normalized spacial score (nSPS) is 10.8. The zero-order chi connectivity index (χ0) is 16.9. The second-order valence-electron chi connectivity index (χ2n) is 5.86. The molecule has 0 atom stereocenters. The number of H-pyrrole nitrogens is 1. The first-order valence-electron chi connectivity index (χ1n) is 8.14. The lowest BCUT2D eigenvalue weighted by atomic mass is 10.1. The molecule has 0 aliphatic carbocycles. The Morgan fingerprint density at radius 1 is 1.12 bits per heavy atom. The quantitative estimate of drug-likeness (QED) is 0.726. The Morgan fingerprint density at radius 3 is 2.71 bits per heavy atom. The highest BCUT2D eigenvalue weighted by Crippen LogP contribution is 2.22. The highest BCUT2D eigenvalue weighted by molar-refractivity contribution is 5.85. The van der Waals surface area contributed by atoms with Gasteiger partial charge in [-0.1, -0.05) is 36.4 Å². The van der Waals surface area contributed by atoms with Crippen LogP contribution in [0.25, 0.3) is 10.9 Å². The number of amides is 1. The molecule has 0 saturated heterocycles. The van der Waals surface area contributed by atoms with Gasteiger partial charge in [0.2, 0.25) is 5.91 Å². The van der Waals surface area contributed by atoms with Crippen molar-refractivity contribution in [2.45, 2.75) is 26.3 Å². The van der Waals surface area contributed by atoms with Crippen LogP contribution in [0.1, 0.15) is 23.2 Å². The molecule has 0 unspecified atom stereocenters. The summed E-state index contributed by atoms with van der Waals surface area (Å²) in [6, 6.07) is 16.0. The van der Waals surface area contributed by atoms with Crippen molar-refractivity contribution in [3.8, 4) is 5.75 Å². The van der Waals surface area contributed by atoms with Gasteiger partial charge >= 0.3 is 0 Å². The SMILES string of the molecule is COc1ccccc1CCC(=O)NCc1c(C)[nH]c2ccccc12. The Labute approximate surface area is 141 Å². The van der Waals surface area contributed by atoms with Crippen LogP contribution < -0.4 is 10.1 Å². The van der Waals surface area contributed by atoms with E-state index in [-0.39, 0.29) is 5.91 Å². The van der Waals surface area contributed by atoms with Gasteiger partial charge in [-0.05, 0) is 36.6 Å². The predicted molar refractivity (Wildman–Crippen MR) is 96.2 cm³/mol. The van der Waals surface area contributed by atoms with Crippen LogP contribution in [-0.4, -0.2) is 18.0 Å². The van der Waals surface area contributed by atoms with Gasteiger partial charge in [0.1, 0.15) is 5.75 Å². The van der Waals surface area contributed by atoms with Crippen LogP contribution in [0.3, 0.4) is 0 Å². The zero-order valence-electron chi connectivity index (χ0n) is 14.1. The van der Waals surface area contributed by atoms with Crippen molar-refractivity contribution < 1.29 is 9.53 Å². The molecule has 1 heterocycles. The number of rotatable bonds is 6. The third kappa shape index (κ3) is 3.43. The fourth-order valence-electron chi connectivity index (χ4n) is 3.00. The van der Waals surface area contributed by atoms with Gasteiger partial charge in [-0.25, -0.2) is 0 Å². The third-order valence-electron chi connectivity index (χ3n) is 4.30. The molecule has 0 aliphatic heterocycles. The Kier molecular flexibility index (Phi) is 4.85. The molecule has 0 bridgehead atoms. The zero-order valence-corrected chi connectivity index (χ0v) is 14.1. The summed E-state index contributed by atoms with van der Waals surface area (Å²) in [6.45, 7) is 2.58. The summed E-state index contributed by atoms with van der Waals surface area (Å²) in [7, 11) is 1.65. The second kappa shape index (κ2) is 7.21. The monoisotopic (exact) mass is 322 g/mol. The fourth-order valence-corrected chi connectivity index (χ4v) is 3.00. The topological polar surface area (TPSA) is 54.1 Å². The van der Waals surface area contributed by atoms with Gasteiger partial charge in [-0.3, -0.25) is 4.79 Å². The number of carbonyl (C=O) groups is 1. The number of para-hydroxylation sites is 2. The molecule has 3 rings (SSSR count). The van der Waals surface area contributed by atoms with Crippen molar-refractivity contribution in [3.63, 3.8) is 0 Å². The van der Waals surface area contributed by atoms with E-state index in [2.05, 4.69) is 22.4 Å². The van der Waals surface area contributed by atoms with E-state index in [1.807, 2.05) is 43.3 Å². The lowest BCUT2D eigenvalue weighted by molar-refractivity contribution is -0.121. The van der Waals surface area contributed by atoms with Gasteiger partial charge in [0.15, 0.2) is 0 Å². The summed E-state index contributed by atoms with van der Waals surface area (Å²) in [4.78, 5) is 15.6. The number of benzene rings is 2. The molecule has 0 fully saturated rings. The van der Waals surface area contributed by atoms with Crippen LogP contribution in [0.5, 0.6) is 5.75 Å². The summed E-state index contributed by atoms with van der Waals surface area (Å²) >= 11 is 0. The summed E-state index contributed by atoms with van der Waals surface area (Å²) in [6.07, 6.45) is 1.12. The molecule has 24 heavy (non-hydrogen) atoms. The van der Waals surface area contributed by atoms with Crippen molar-refractivity contribution >= 4 is 16.8 Å². The van der Waals surface area contributed by atoms with E-state index in [1.54, 1.807) is 7.11 Å². The molecule has 1 amide bonds. The van der Waals surface area contributed by atoms with Crippen molar-refractivity contribution in [1.82, 2.24) is 10.3 Å². The molecule has 2 aromatic carbocycles. The first-order chi connectivity index (χ1) is 11.7. The van der Waals surface area contributed by atoms with Crippen molar-refractivity contribution in [1.29, 1.82) is 0 Å². The molecule has 124 valence electrons. The second-order valence-corrected chi connectivity index (χ2v) is 5.86. The van der Waals surface area contributed by atoms with Crippen molar-refractivity contribution in [3.05, 3.63) is 65.4 Å². The number of aromatic amines is 1. The number of nitrogens with one attached hydrogen (secondary N) is 2. The van der Waals surface area contributed by atoms with Crippen molar-refractivity contribution in [2.75, 3.05) is 7.11 Å². The average molecular weight is 322 g/mol. The van der Waals surface area contributed by atoms with E-state index in [0.29, 0.717) is 19.4 Å². The standard InChI is InChI=1S/C20H22N2O2/c1-14-17(16-8-4-5-9-18(16)22-14)13-21-20(23)12-11-15-7-3-6-10-19(15)24-2/h3-10,22H,11-13H2,1-2H3,(H,21,23). The van der Waals surface area contributed by atoms with Gasteiger partial charge < -0.3 is 15.0 Å². The Morgan fingerprint density at radius 2 is 1.88 bits per heavy atom. The minimum absolute atomic E-state index is 0.0468. The molecule has 0 saturated carbocycles. The molecule has 1 aromatic heterocycles. The number of methoxy groups -OCH3 is 1. The molecular weight excluding hydrogens is 300 g/mol. The maximum atomic E-state index is 12.2. The third-order valence-corrected chi connectivity index (χ3v) is 4.30. The molecule has 4 heteroatoms. The van der Waals surface area contributed by atoms with Crippen molar-refractivity contribution in [2.24, 2.45) is 0 Å². The van der Waals surface area contributed by atoms with Crippen LogP contribution >= 0.6 is 0 Å². The highest BCUT2D eigenvalue weighted by atomic mass is 16.5. The Bertz CT molecular complexity index is 852. The van der Waals surface area contributed by atoms with Crippen LogP contribution in [0.4, 0.5) is 0 Å². The number of carbonyl (C=O) groups excluding carboxylic acids is 1. The van der Waals surface area contributed by atoms with E-state index >= 15 is 0 Å². The number of fused-ring (bicyclic) bond motifs is 1. The van der Waals surface area contributed by atoms with Gasteiger partial charge in [0.25, 0.3) is 0 Å². The summed E-state index contributed by atoms with van der Waals surface area (Å²) in [5.74, 6) is 0.878. The van der Waals surface area contributed by atoms with Crippen LogP contribution in [0.2, 0.25) is 0 Å². The number of aryl methyl sites for hydroxylation is 2. The summed E-state index contributed by atoms with van der Waals surface area (Å²) in [5, 5.41) is 4.19. The minimum atomic E-state index is 0.0468. The van der Waals surface area contributed by atoms with Crippen LogP contribution in [0.15, 0.2) is 48.5 Å². The smallest absolute Gasteiger partial charge is 0.220 e. The maximum Gasteiger partial charge on any atom is 0.220 e. The van der Waals surface area contributed by atoms with Gasteiger partial charge in [-0.2, -0.15) is 0 Å².